The molecule has 0 aliphatic heterocycles. The number of thioether (sulfide) groups is 1. The molecule has 0 aliphatic carbocycles. The van der Waals surface area contributed by atoms with Gasteiger partial charge in [-0.1, -0.05) is 18.2 Å². The van der Waals surface area contributed by atoms with E-state index >= 15 is 0 Å². The van der Waals surface area contributed by atoms with Gasteiger partial charge in [-0.25, -0.2) is 0 Å². The molecule has 8 heteroatoms. The van der Waals surface area contributed by atoms with Gasteiger partial charge in [-0.2, -0.15) is 0 Å². The fourth-order valence-corrected chi connectivity index (χ4v) is 2.98. The van der Waals surface area contributed by atoms with Crippen LogP contribution in [0.5, 0.6) is 0 Å². The summed E-state index contributed by atoms with van der Waals surface area (Å²) in [5.41, 5.74) is 0.925. The number of non-ortho nitro benzene ring substituents is 1. The van der Waals surface area contributed by atoms with Crippen molar-refractivity contribution in [3.05, 3.63) is 64.2 Å². The van der Waals surface area contributed by atoms with Crippen molar-refractivity contribution >= 4 is 35.0 Å². The first-order valence-corrected chi connectivity index (χ1v) is 8.68. The summed E-state index contributed by atoms with van der Waals surface area (Å²) in [6.45, 7) is 2.93. The van der Waals surface area contributed by atoms with Crippen LogP contribution in [-0.2, 0) is 14.3 Å². The highest BCUT2D eigenvalue weighted by molar-refractivity contribution is 8.00. The fourth-order valence-electron chi connectivity index (χ4n) is 2.09. The topological polar surface area (TPSA) is 98.5 Å². The average Bonchev–Trinajstić information content (AvgIpc) is 2.62. The number of hydrogen-bond acceptors (Lipinski definition) is 6. The Hall–Kier alpha value is -2.87. The Bertz CT molecular complexity index is 810. The molecule has 0 fully saturated rings. The molecule has 7 nitrogen and oxygen atoms in total. The van der Waals surface area contributed by atoms with Crippen LogP contribution >= 0.6 is 11.8 Å². The number of nitro benzene ring substituents is 1. The molecule has 2 aromatic rings. The van der Waals surface area contributed by atoms with Crippen LogP contribution in [0.25, 0.3) is 0 Å². The summed E-state index contributed by atoms with van der Waals surface area (Å²) < 4.78 is 5.03. The lowest BCUT2D eigenvalue weighted by molar-refractivity contribution is -0.384. The summed E-state index contributed by atoms with van der Waals surface area (Å²) in [6, 6.07) is 13.5. The van der Waals surface area contributed by atoms with Crippen LogP contribution in [0.15, 0.2) is 53.4 Å². The number of hydrogen-bond donors (Lipinski definition) is 1. The van der Waals surface area contributed by atoms with Gasteiger partial charge in [0, 0.05) is 22.7 Å². The van der Waals surface area contributed by atoms with Gasteiger partial charge in [-0.05, 0) is 37.6 Å². The molecule has 0 heterocycles. The van der Waals surface area contributed by atoms with Crippen LogP contribution in [0, 0.1) is 17.0 Å². The van der Waals surface area contributed by atoms with Crippen LogP contribution in [0.2, 0.25) is 0 Å². The smallest absolute Gasteiger partial charge is 0.319 e. The van der Waals surface area contributed by atoms with E-state index in [0.29, 0.717) is 11.3 Å². The third kappa shape index (κ3) is 5.59. The first-order valence-electron chi connectivity index (χ1n) is 7.80. The highest BCUT2D eigenvalue weighted by Gasteiger charge is 2.18. The van der Waals surface area contributed by atoms with E-state index in [4.69, 9.17) is 4.74 Å². The van der Waals surface area contributed by atoms with E-state index in [-0.39, 0.29) is 5.69 Å². The van der Waals surface area contributed by atoms with Crippen LogP contribution in [0.4, 0.5) is 11.4 Å². The molecular weight excluding hydrogens is 356 g/mol. The number of ether oxygens (including phenoxy) is 1. The molecule has 1 N–H and O–H groups in total. The van der Waals surface area contributed by atoms with E-state index in [0.717, 1.165) is 4.90 Å². The number of carbonyl (C=O) groups excluding carboxylic acids is 2. The van der Waals surface area contributed by atoms with E-state index < -0.39 is 28.7 Å². The highest BCUT2D eigenvalue weighted by Crippen LogP contribution is 2.24. The molecule has 0 spiro atoms. The quantitative estimate of drug-likeness (QED) is 0.344. The van der Waals surface area contributed by atoms with E-state index in [1.807, 2.05) is 30.3 Å². The molecule has 26 heavy (non-hydrogen) atoms. The maximum atomic E-state index is 12.0. The van der Waals surface area contributed by atoms with Gasteiger partial charge >= 0.3 is 5.97 Å². The van der Waals surface area contributed by atoms with Gasteiger partial charge in [0.1, 0.15) is 5.25 Å². The summed E-state index contributed by atoms with van der Waals surface area (Å²) in [5, 5.41) is 12.8. The minimum Gasteiger partial charge on any atom is -0.455 e. The first-order chi connectivity index (χ1) is 12.4. The lowest BCUT2D eigenvalue weighted by Crippen LogP contribution is -2.25. The lowest BCUT2D eigenvalue weighted by atomic mass is 10.2. The van der Waals surface area contributed by atoms with Gasteiger partial charge in [0.15, 0.2) is 6.61 Å². The average molecular weight is 374 g/mol. The van der Waals surface area contributed by atoms with E-state index in [2.05, 4.69) is 5.32 Å². The van der Waals surface area contributed by atoms with Crippen LogP contribution in [-0.4, -0.2) is 28.7 Å². The van der Waals surface area contributed by atoms with Crippen LogP contribution < -0.4 is 5.32 Å². The zero-order chi connectivity index (χ0) is 19.1. The van der Waals surface area contributed by atoms with Gasteiger partial charge in [-0.15, -0.1) is 11.8 Å². The Labute approximate surface area is 154 Å². The summed E-state index contributed by atoms with van der Waals surface area (Å²) in [4.78, 5) is 35.1. The first kappa shape index (κ1) is 19.5. The number of aryl methyl sites for hydroxylation is 1. The molecule has 2 aromatic carbocycles. The molecule has 0 bridgehead atoms. The van der Waals surface area contributed by atoms with Crippen molar-refractivity contribution < 1.29 is 19.2 Å². The minimum atomic E-state index is -0.508. The third-order valence-electron chi connectivity index (χ3n) is 3.43. The maximum absolute atomic E-state index is 12.0. The Kier molecular flexibility index (Phi) is 6.74. The number of anilines is 1. The van der Waals surface area contributed by atoms with E-state index in [9.17, 15) is 19.7 Å². The zero-order valence-corrected chi connectivity index (χ0v) is 15.1. The second-order valence-corrected chi connectivity index (χ2v) is 6.90. The number of rotatable bonds is 7. The van der Waals surface area contributed by atoms with Crippen LogP contribution in [0.1, 0.15) is 12.5 Å². The van der Waals surface area contributed by atoms with E-state index in [1.165, 1.54) is 30.0 Å². The van der Waals surface area contributed by atoms with Crippen LogP contribution in [0.3, 0.4) is 0 Å². The highest BCUT2D eigenvalue weighted by atomic mass is 32.2. The monoisotopic (exact) mass is 374 g/mol. The Morgan fingerprint density at radius 3 is 2.54 bits per heavy atom. The van der Waals surface area contributed by atoms with Crippen molar-refractivity contribution in [3.63, 3.8) is 0 Å². The summed E-state index contributed by atoms with van der Waals surface area (Å²) >= 11 is 1.34. The standard InChI is InChI=1S/C18H18N2O5S/c1-12-10-14(20(23)24)8-9-16(12)19-17(21)11-25-18(22)13(2)26-15-6-4-3-5-7-15/h3-10,13H,11H2,1-2H3,(H,19,21)/t13-/m1/s1. The molecule has 0 radical (unpaired) electrons. The van der Waals surface area contributed by atoms with Crippen molar-refractivity contribution in [2.45, 2.75) is 24.0 Å². The summed E-state index contributed by atoms with van der Waals surface area (Å²) in [6.07, 6.45) is 0. The van der Waals surface area contributed by atoms with Gasteiger partial charge < -0.3 is 10.1 Å². The SMILES string of the molecule is Cc1cc([N+](=O)[O-])ccc1NC(=O)COC(=O)[C@@H](C)Sc1ccccc1. The van der Waals surface area contributed by atoms with Crippen molar-refractivity contribution in [3.8, 4) is 0 Å². The number of nitrogens with one attached hydrogen (secondary N) is 1. The molecular formula is C18H18N2O5S. The normalized spacial score (nSPS) is 11.5. The molecule has 0 aromatic heterocycles. The summed E-state index contributed by atoms with van der Waals surface area (Å²) in [5.74, 6) is -0.998. The molecule has 1 atom stereocenters. The van der Waals surface area contributed by atoms with Gasteiger partial charge in [0.2, 0.25) is 0 Å². The number of carbonyl (C=O) groups is 2. The second kappa shape index (κ2) is 9.00. The largest absolute Gasteiger partial charge is 0.455 e. The molecule has 2 rings (SSSR count). The number of nitro groups is 1. The third-order valence-corrected chi connectivity index (χ3v) is 4.52. The minimum absolute atomic E-state index is 0.0568. The predicted molar refractivity (Wildman–Crippen MR) is 99.2 cm³/mol. The lowest BCUT2D eigenvalue weighted by Gasteiger charge is -2.12. The maximum Gasteiger partial charge on any atom is 0.319 e. The fraction of sp³-hybridized carbons (Fsp3) is 0.222. The van der Waals surface area contributed by atoms with Gasteiger partial charge in [0.25, 0.3) is 11.6 Å². The zero-order valence-electron chi connectivity index (χ0n) is 14.3. The Balaban J connectivity index is 1.84. The van der Waals surface area contributed by atoms with Crippen molar-refractivity contribution in [1.29, 1.82) is 0 Å². The molecule has 136 valence electrons. The Morgan fingerprint density at radius 2 is 1.92 bits per heavy atom. The number of amides is 1. The van der Waals surface area contributed by atoms with E-state index in [1.54, 1.807) is 13.8 Å². The molecule has 0 saturated heterocycles. The number of nitrogens with zero attached hydrogens (tertiary/aromatic N) is 1. The van der Waals surface area contributed by atoms with Crippen molar-refractivity contribution in [2.24, 2.45) is 0 Å². The predicted octanol–water partition coefficient (Wildman–Crippen LogP) is 3.57. The van der Waals surface area contributed by atoms with Gasteiger partial charge in [0.05, 0.1) is 4.92 Å². The van der Waals surface area contributed by atoms with Gasteiger partial charge in [-0.3, -0.25) is 19.7 Å². The molecule has 0 saturated carbocycles. The second-order valence-electron chi connectivity index (χ2n) is 5.49. The van der Waals surface area contributed by atoms with Crippen molar-refractivity contribution in [1.82, 2.24) is 0 Å². The summed E-state index contributed by atoms with van der Waals surface area (Å²) in [7, 11) is 0. The number of benzene rings is 2. The van der Waals surface area contributed by atoms with Crippen molar-refractivity contribution in [2.75, 3.05) is 11.9 Å². The number of esters is 1. The molecule has 1 amide bonds. The molecule has 0 unspecified atom stereocenters. The Morgan fingerprint density at radius 1 is 1.23 bits per heavy atom. The molecule has 0 aliphatic rings.